The van der Waals surface area contributed by atoms with Gasteiger partial charge in [0.25, 0.3) is 0 Å². The molecule has 1 aromatic heterocycles. The van der Waals surface area contributed by atoms with E-state index in [1.807, 2.05) is 6.92 Å². The van der Waals surface area contributed by atoms with Crippen molar-refractivity contribution in [3.63, 3.8) is 0 Å². The normalized spacial score (nSPS) is 21.6. The van der Waals surface area contributed by atoms with E-state index in [9.17, 15) is 4.79 Å². The maximum atomic E-state index is 11.8. The van der Waals surface area contributed by atoms with Crippen molar-refractivity contribution < 1.29 is 19.0 Å². The Morgan fingerprint density at radius 3 is 2.97 bits per heavy atom. The van der Waals surface area contributed by atoms with Crippen molar-refractivity contribution in [1.82, 2.24) is 9.97 Å². The number of esters is 1. The molecule has 2 saturated heterocycles. The fourth-order valence-corrected chi connectivity index (χ4v) is 3.97. The topological polar surface area (TPSA) is 73.8 Å². The minimum absolute atomic E-state index is 0.113. The lowest BCUT2D eigenvalue weighted by molar-refractivity contribution is -0.154. The van der Waals surface area contributed by atoms with Crippen molar-refractivity contribution in [2.75, 3.05) is 37.8 Å². The zero-order valence-electron chi connectivity index (χ0n) is 18.2. The number of hydrogen-bond donors (Lipinski definition) is 0. The molecule has 1 aromatic rings. The molecule has 2 atom stereocenters. The molecule has 0 aromatic carbocycles. The van der Waals surface area contributed by atoms with Gasteiger partial charge in [0.1, 0.15) is 18.1 Å². The van der Waals surface area contributed by atoms with Crippen molar-refractivity contribution >= 4 is 11.8 Å². The Labute approximate surface area is 179 Å². The van der Waals surface area contributed by atoms with Crippen LogP contribution in [0.15, 0.2) is 6.20 Å². The standard InChI is InChI=1S/C23H33N3O4/c1-3-20-23(26-12-7-9-18(17-26)15-21(27)28-4-2)24-16-19(25-20)10-8-14-30-22-11-5-6-13-29-22/h16,18,22H,3-7,9,11-15,17H2,1-2H3/t18-,22?/m1/s1. The van der Waals surface area contributed by atoms with Crippen molar-refractivity contribution in [1.29, 1.82) is 0 Å². The Morgan fingerprint density at radius 2 is 2.20 bits per heavy atom. The number of hydrogen-bond acceptors (Lipinski definition) is 7. The van der Waals surface area contributed by atoms with Crippen LogP contribution in [0.1, 0.15) is 63.8 Å². The number of ether oxygens (including phenoxy) is 3. The highest BCUT2D eigenvalue weighted by Gasteiger charge is 2.25. The van der Waals surface area contributed by atoms with Crippen LogP contribution in [0.4, 0.5) is 5.82 Å². The third kappa shape index (κ3) is 6.68. The van der Waals surface area contributed by atoms with Crippen molar-refractivity contribution in [3.05, 3.63) is 17.6 Å². The smallest absolute Gasteiger partial charge is 0.306 e. The number of nitrogens with zero attached hydrogens (tertiary/aromatic N) is 3. The Balaban J connectivity index is 1.58. The van der Waals surface area contributed by atoms with Crippen LogP contribution in [0.2, 0.25) is 0 Å². The van der Waals surface area contributed by atoms with Gasteiger partial charge in [-0.3, -0.25) is 4.79 Å². The maximum absolute atomic E-state index is 11.8. The number of carbonyl (C=O) groups excluding carboxylic acids is 1. The summed E-state index contributed by atoms with van der Waals surface area (Å²) < 4.78 is 16.3. The summed E-state index contributed by atoms with van der Waals surface area (Å²) >= 11 is 0. The van der Waals surface area contributed by atoms with Gasteiger partial charge >= 0.3 is 5.97 Å². The monoisotopic (exact) mass is 415 g/mol. The third-order valence-corrected chi connectivity index (χ3v) is 5.43. The molecule has 0 saturated carbocycles. The average molecular weight is 416 g/mol. The van der Waals surface area contributed by atoms with Crippen LogP contribution in [0.3, 0.4) is 0 Å². The van der Waals surface area contributed by atoms with E-state index in [1.54, 1.807) is 6.20 Å². The molecule has 2 aliphatic heterocycles. The Hall–Kier alpha value is -2.17. The van der Waals surface area contributed by atoms with Crippen LogP contribution in [0.5, 0.6) is 0 Å². The van der Waals surface area contributed by atoms with Crippen LogP contribution in [-0.4, -0.2) is 55.1 Å². The Bertz CT molecular complexity index is 753. The predicted molar refractivity (Wildman–Crippen MR) is 114 cm³/mol. The molecule has 164 valence electrons. The summed E-state index contributed by atoms with van der Waals surface area (Å²) in [6.45, 7) is 7.19. The summed E-state index contributed by atoms with van der Waals surface area (Å²) in [6.07, 6.45) is 8.10. The second-order valence-electron chi connectivity index (χ2n) is 7.75. The fourth-order valence-electron chi connectivity index (χ4n) is 3.97. The van der Waals surface area contributed by atoms with Gasteiger partial charge in [0.2, 0.25) is 0 Å². The number of piperidine rings is 1. The Kier molecular flexibility index (Phi) is 8.91. The highest BCUT2D eigenvalue weighted by atomic mass is 16.7. The van der Waals surface area contributed by atoms with Gasteiger partial charge < -0.3 is 19.1 Å². The van der Waals surface area contributed by atoms with Gasteiger partial charge in [0.05, 0.1) is 24.9 Å². The molecule has 3 heterocycles. The average Bonchev–Trinajstić information content (AvgIpc) is 2.77. The lowest BCUT2D eigenvalue weighted by Crippen LogP contribution is -2.37. The van der Waals surface area contributed by atoms with Crippen LogP contribution < -0.4 is 4.90 Å². The highest BCUT2D eigenvalue weighted by Crippen LogP contribution is 2.26. The first-order valence-electron chi connectivity index (χ1n) is 11.2. The molecule has 0 amide bonds. The molecular formula is C23H33N3O4. The Morgan fingerprint density at radius 1 is 1.30 bits per heavy atom. The largest absolute Gasteiger partial charge is 0.466 e. The van der Waals surface area contributed by atoms with E-state index in [0.29, 0.717) is 31.2 Å². The minimum atomic E-state index is -0.130. The van der Waals surface area contributed by atoms with Gasteiger partial charge in [-0.2, -0.15) is 0 Å². The van der Waals surface area contributed by atoms with Gasteiger partial charge in [0.15, 0.2) is 6.29 Å². The number of anilines is 1. The zero-order chi connectivity index (χ0) is 21.2. The molecule has 0 spiro atoms. The van der Waals surface area contributed by atoms with Crippen LogP contribution in [-0.2, 0) is 25.4 Å². The molecule has 1 unspecified atom stereocenters. The van der Waals surface area contributed by atoms with Crippen LogP contribution in [0.25, 0.3) is 0 Å². The van der Waals surface area contributed by atoms with E-state index < -0.39 is 0 Å². The van der Waals surface area contributed by atoms with Gasteiger partial charge in [-0.15, -0.1) is 0 Å². The molecular weight excluding hydrogens is 382 g/mol. The first kappa shape index (κ1) is 22.5. The van der Waals surface area contributed by atoms with Crippen LogP contribution in [0, 0.1) is 17.8 Å². The summed E-state index contributed by atoms with van der Waals surface area (Å²) in [6, 6.07) is 0. The third-order valence-electron chi connectivity index (χ3n) is 5.43. The molecule has 2 fully saturated rings. The molecule has 7 nitrogen and oxygen atoms in total. The van der Waals surface area contributed by atoms with E-state index in [2.05, 4.69) is 28.6 Å². The van der Waals surface area contributed by atoms with Gasteiger partial charge in [-0.1, -0.05) is 12.8 Å². The van der Waals surface area contributed by atoms with Crippen molar-refractivity contribution in [3.8, 4) is 11.8 Å². The second-order valence-corrected chi connectivity index (χ2v) is 7.75. The van der Waals surface area contributed by atoms with Crippen molar-refractivity contribution in [2.24, 2.45) is 5.92 Å². The van der Waals surface area contributed by atoms with Crippen LogP contribution >= 0.6 is 0 Å². The summed E-state index contributed by atoms with van der Waals surface area (Å²) in [7, 11) is 0. The summed E-state index contributed by atoms with van der Waals surface area (Å²) in [4.78, 5) is 23.5. The molecule has 30 heavy (non-hydrogen) atoms. The number of carbonyl (C=O) groups is 1. The van der Waals surface area contributed by atoms with Crippen molar-refractivity contribution in [2.45, 2.75) is 65.1 Å². The number of rotatable bonds is 7. The molecule has 0 bridgehead atoms. The molecule has 2 aliphatic rings. The molecule has 0 aliphatic carbocycles. The molecule has 3 rings (SSSR count). The van der Waals surface area contributed by atoms with E-state index in [-0.39, 0.29) is 12.3 Å². The lowest BCUT2D eigenvalue weighted by atomic mass is 9.94. The van der Waals surface area contributed by atoms with Gasteiger partial charge in [-0.25, -0.2) is 9.97 Å². The van der Waals surface area contributed by atoms with E-state index in [4.69, 9.17) is 19.2 Å². The van der Waals surface area contributed by atoms with E-state index >= 15 is 0 Å². The summed E-state index contributed by atoms with van der Waals surface area (Å²) in [5.74, 6) is 7.16. The predicted octanol–water partition coefficient (Wildman–Crippen LogP) is 3.10. The quantitative estimate of drug-likeness (QED) is 0.500. The number of aryl methyl sites for hydroxylation is 1. The number of aromatic nitrogens is 2. The molecule has 0 N–H and O–H groups in total. The van der Waals surface area contributed by atoms with E-state index in [1.165, 1.54) is 0 Å². The van der Waals surface area contributed by atoms with Gasteiger partial charge in [0, 0.05) is 19.7 Å². The summed E-state index contributed by atoms with van der Waals surface area (Å²) in [5, 5.41) is 0. The lowest BCUT2D eigenvalue weighted by Gasteiger charge is -2.34. The second kappa shape index (κ2) is 11.9. The minimum Gasteiger partial charge on any atom is -0.466 e. The summed E-state index contributed by atoms with van der Waals surface area (Å²) in [5.41, 5.74) is 1.60. The van der Waals surface area contributed by atoms with Gasteiger partial charge in [-0.05, 0) is 57.3 Å². The highest BCUT2D eigenvalue weighted by molar-refractivity contribution is 5.69. The van der Waals surface area contributed by atoms with E-state index in [0.717, 1.165) is 69.7 Å². The zero-order valence-corrected chi connectivity index (χ0v) is 18.2. The SMILES string of the molecule is CCOC(=O)C[C@H]1CCCN(c2ncc(C#CCOC3CCCCO3)nc2CC)C1. The molecule has 0 radical (unpaired) electrons. The fraction of sp³-hybridized carbons (Fsp3) is 0.696. The first-order chi connectivity index (χ1) is 14.7. The first-order valence-corrected chi connectivity index (χ1v) is 11.2. The molecule has 7 heteroatoms. The maximum Gasteiger partial charge on any atom is 0.306 e.